The van der Waals surface area contributed by atoms with Gasteiger partial charge in [0.2, 0.25) is 5.91 Å². The maximum Gasteiger partial charge on any atom is 0.238 e. The summed E-state index contributed by atoms with van der Waals surface area (Å²) >= 11 is 18.3. The molecule has 3 nitrogen and oxygen atoms in total. The maximum atomic E-state index is 14.0. The summed E-state index contributed by atoms with van der Waals surface area (Å²) in [4.78, 5) is 14.3. The summed E-state index contributed by atoms with van der Waals surface area (Å²) in [5.74, 6) is -0.623. The molecule has 2 aromatic rings. The lowest BCUT2D eigenvalue weighted by Gasteiger charge is -2.22. The number of nitrogens with zero attached hydrogens (tertiary/aromatic N) is 1. The van der Waals surface area contributed by atoms with Gasteiger partial charge in [0.05, 0.1) is 22.3 Å². The number of benzene rings is 2. The van der Waals surface area contributed by atoms with Gasteiger partial charge in [-0.05, 0) is 37.1 Å². The highest BCUT2D eigenvalue weighted by molar-refractivity contribution is 6.39. The number of nitrogens with one attached hydrogen (secondary N) is 1. The molecule has 1 aliphatic carbocycles. The normalized spacial score (nSPS) is 14.0. The Morgan fingerprint density at radius 2 is 1.68 bits per heavy atom. The smallest absolute Gasteiger partial charge is 0.238 e. The number of amides is 1. The number of rotatable bonds is 6. The first-order chi connectivity index (χ1) is 12.0. The first-order valence-electron chi connectivity index (χ1n) is 7.86. The summed E-state index contributed by atoms with van der Waals surface area (Å²) in [7, 11) is 0. The van der Waals surface area contributed by atoms with Gasteiger partial charge in [-0.2, -0.15) is 0 Å². The van der Waals surface area contributed by atoms with Gasteiger partial charge < -0.3 is 5.32 Å². The van der Waals surface area contributed by atoms with Crippen molar-refractivity contribution in [1.82, 2.24) is 4.90 Å². The lowest BCUT2D eigenvalue weighted by atomic mass is 10.2. The first kappa shape index (κ1) is 18.5. The van der Waals surface area contributed by atoms with E-state index in [0.717, 1.165) is 12.8 Å². The van der Waals surface area contributed by atoms with Crippen LogP contribution in [0.15, 0.2) is 36.4 Å². The van der Waals surface area contributed by atoms with E-state index in [-0.39, 0.29) is 30.9 Å². The van der Waals surface area contributed by atoms with Crippen LogP contribution in [0.3, 0.4) is 0 Å². The molecule has 1 amide bonds. The van der Waals surface area contributed by atoms with Crippen LogP contribution < -0.4 is 5.32 Å². The van der Waals surface area contributed by atoms with Crippen LogP contribution in [0.5, 0.6) is 0 Å². The molecule has 0 heterocycles. The fraction of sp³-hybridized carbons (Fsp3) is 0.278. The van der Waals surface area contributed by atoms with Crippen molar-refractivity contribution in [2.75, 3.05) is 11.9 Å². The van der Waals surface area contributed by atoms with Crippen molar-refractivity contribution in [3.8, 4) is 0 Å². The lowest BCUT2D eigenvalue weighted by Crippen LogP contribution is -2.35. The Labute approximate surface area is 160 Å². The minimum Gasteiger partial charge on any atom is -0.322 e. The second-order valence-electron chi connectivity index (χ2n) is 5.98. The van der Waals surface area contributed by atoms with Crippen molar-refractivity contribution >= 4 is 46.4 Å². The minimum absolute atomic E-state index is 0.108. The average molecular weight is 402 g/mol. The van der Waals surface area contributed by atoms with E-state index < -0.39 is 0 Å². The number of para-hydroxylation sites is 1. The summed E-state index contributed by atoms with van der Waals surface area (Å²) in [6, 6.07) is 9.85. The molecule has 25 heavy (non-hydrogen) atoms. The van der Waals surface area contributed by atoms with E-state index in [1.165, 1.54) is 6.07 Å². The van der Waals surface area contributed by atoms with Crippen LogP contribution in [0.2, 0.25) is 15.1 Å². The molecule has 0 aliphatic heterocycles. The lowest BCUT2D eigenvalue weighted by molar-refractivity contribution is -0.117. The predicted molar refractivity (Wildman–Crippen MR) is 99.9 cm³/mol. The number of hydrogen-bond acceptors (Lipinski definition) is 2. The number of anilines is 1. The maximum absolute atomic E-state index is 14.0. The molecule has 0 radical (unpaired) electrons. The van der Waals surface area contributed by atoms with Crippen LogP contribution in [-0.4, -0.2) is 23.4 Å². The summed E-state index contributed by atoms with van der Waals surface area (Å²) in [6.45, 7) is 0.386. The van der Waals surface area contributed by atoms with Crippen LogP contribution in [0, 0.1) is 5.82 Å². The minimum atomic E-state index is -0.368. The molecule has 0 bridgehead atoms. The fourth-order valence-corrected chi connectivity index (χ4v) is 3.34. The second kappa shape index (κ2) is 7.92. The van der Waals surface area contributed by atoms with E-state index in [0.29, 0.717) is 26.3 Å². The van der Waals surface area contributed by atoms with E-state index in [4.69, 9.17) is 34.8 Å². The monoisotopic (exact) mass is 400 g/mol. The summed E-state index contributed by atoms with van der Waals surface area (Å²) < 4.78 is 14.0. The molecule has 2 aromatic carbocycles. The van der Waals surface area contributed by atoms with Crippen molar-refractivity contribution in [1.29, 1.82) is 0 Å². The molecule has 0 spiro atoms. The van der Waals surface area contributed by atoms with E-state index >= 15 is 0 Å². The Morgan fingerprint density at radius 3 is 2.28 bits per heavy atom. The van der Waals surface area contributed by atoms with Gasteiger partial charge in [0, 0.05) is 23.2 Å². The van der Waals surface area contributed by atoms with Crippen LogP contribution >= 0.6 is 34.8 Å². The third kappa shape index (κ3) is 4.64. The zero-order chi connectivity index (χ0) is 18.0. The van der Waals surface area contributed by atoms with Crippen molar-refractivity contribution in [2.45, 2.75) is 25.4 Å². The molecule has 3 rings (SSSR count). The Morgan fingerprint density at radius 1 is 1.08 bits per heavy atom. The van der Waals surface area contributed by atoms with E-state index in [9.17, 15) is 9.18 Å². The SMILES string of the molecule is O=C(CN(Cc1c(F)cccc1Cl)C1CC1)Nc1c(Cl)cccc1Cl. The molecule has 0 aromatic heterocycles. The predicted octanol–water partition coefficient (Wildman–Crippen LogP) is 5.39. The van der Waals surface area contributed by atoms with Gasteiger partial charge in [0.25, 0.3) is 0 Å². The third-order valence-corrected chi connectivity index (χ3v) is 5.04. The summed E-state index contributed by atoms with van der Waals surface area (Å²) in [5.41, 5.74) is 0.787. The van der Waals surface area contributed by atoms with Crippen molar-refractivity contribution in [2.24, 2.45) is 0 Å². The average Bonchev–Trinajstić information content (AvgIpc) is 3.38. The van der Waals surface area contributed by atoms with Gasteiger partial charge in [0.1, 0.15) is 5.82 Å². The van der Waals surface area contributed by atoms with E-state index in [1.807, 2.05) is 4.90 Å². The van der Waals surface area contributed by atoms with Crippen LogP contribution in [0.25, 0.3) is 0 Å². The van der Waals surface area contributed by atoms with Gasteiger partial charge in [-0.15, -0.1) is 0 Å². The number of carbonyl (C=O) groups is 1. The Hall–Kier alpha value is -1.33. The van der Waals surface area contributed by atoms with Gasteiger partial charge in [0.15, 0.2) is 0 Å². The largest absolute Gasteiger partial charge is 0.322 e. The number of halogens is 4. The van der Waals surface area contributed by atoms with Gasteiger partial charge >= 0.3 is 0 Å². The highest BCUT2D eigenvalue weighted by Gasteiger charge is 2.31. The topological polar surface area (TPSA) is 32.3 Å². The highest BCUT2D eigenvalue weighted by atomic mass is 35.5. The Kier molecular flexibility index (Phi) is 5.85. The van der Waals surface area contributed by atoms with Crippen molar-refractivity contribution in [3.63, 3.8) is 0 Å². The zero-order valence-corrected chi connectivity index (χ0v) is 15.5. The second-order valence-corrected chi connectivity index (χ2v) is 7.20. The molecule has 0 unspecified atom stereocenters. The summed E-state index contributed by atoms with van der Waals surface area (Å²) in [6.07, 6.45) is 1.96. The Bertz CT molecular complexity index is 755. The van der Waals surface area contributed by atoms with Gasteiger partial charge in [-0.25, -0.2) is 4.39 Å². The van der Waals surface area contributed by atoms with Crippen LogP contribution in [0.4, 0.5) is 10.1 Å². The zero-order valence-electron chi connectivity index (χ0n) is 13.2. The third-order valence-electron chi connectivity index (χ3n) is 4.06. The van der Waals surface area contributed by atoms with Crippen LogP contribution in [0.1, 0.15) is 18.4 Å². The van der Waals surface area contributed by atoms with Crippen molar-refractivity contribution in [3.05, 3.63) is 62.8 Å². The van der Waals surface area contributed by atoms with E-state index in [2.05, 4.69) is 5.32 Å². The van der Waals surface area contributed by atoms with Gasteiger partial charge in [-0.3, -0.25) is 9.69 Å². The molecule has 0 atom stereocenters. The molecule has 1 fully saturated rings. The number of carbonyl (C=O) groups excluding carboxylic acids is 1. The molecular formula is C18H16Cl3FN2O. The molecule has 1 N–H and O–H groups in total. The highest BCUT2D eigenvalue weighted by Crippen LogP contribution is 2.32. The number of hydrogen-bond donors (Lipinski definition) is 1. The van der Waals surface area contributed by atoms with Crippen LogP contribution in [-0.2, 0) is 11.3 Å². The molecule has 132 valence electrons. The molecule has 1 saturated carbocycles. The van der Waals surface area contributed by atoms with Crippen molar-refractivity contribution < 1.29 is 9.18 Å². The standard InChI is InChI=1S/C18H16Cl3FN2O/c19-13-3-2-6-16(22)12(13)9-24(11-7-8-11)10-17(25)23-18-14(20)4-1-5-15(18)21/h1-6,11H,7-10H2,(H,23,25). The summed E-state index contributed by atoms with van der Waals surface area (Å²) in [5, 5.41) is 3.84. The molecule has 7 heteroatoms. The quantitative estimate of drug-likeness (QED) is 0.704. The Balaban J connectivity index is 1.71. The first-order valence-corrected chi connectivity index (χ1v) is 9.00. The van der Waals surface area contributed by atoms with E-state index in [1.54, 1.807) is 30.3 Å². The molecular weight excluding hydrogens is 386 g/mol. The fourth-order valence-electron chi connectivity index (χ4n) is 2.62. The van der Waals surface area contributed by atoms with Gasteiger partial charge in [-0.1, -0.05) is 46.9 Å². The molecule has 0 saturated heterocycles. The molecule has 1 aliphatic rings.